The van der Waals surface area contributed by atoms with Gasteiger partial charge in [0.1, 0.15) is 0 Å². The first-order valence-corrected chi connectivity index (χ1v) is 6.87. The number of nitrogens with two attached hydrogens (primary N) is 1. The third-order valence-electron chi connectivity index (χ3n) is 2.60. The quantitative estimate of drug-likeness (QED) is 0.768. The van der Waals surface area contributed by atoms with Gasteiger partial charge in [-0.15, -0.1) is 12.4 Å². The Morgan fingerprint density at radius 3 is 2.44 bits per heavy atom. The molecule has 98 valence electrons. The fourth-order valence-corrected chi connectivity index (χ4v) is 1.56. The zero-order valence-electron chi connectivity index (χ0n) is 10.7. The highest BCUT2D eigenvalue weighted by Crippen LogP contribution is 2.05. The number of nitrogens with zero attached hydrogens (tertiary/aromatic N) is 1. The predicted molar refractivity (Wildman–Crippen MR) is 75.3 cm³/mol. The zero-order valence-corrected chi connectivity index (χ0v) is 12.4. The molecule has 0 aliphatic carbocycles. The maximum absolute atomic E-state index is 11.6. The molecule has 5 heteroatoms. The molecule has 16 heavy (non-hydrogen) atoms. The first kappa shape index (κ1) is 18.4. The Bertz CT molecular complexity index is 191. The second-order valence-corrected chi connectivity index (χ2v) is 5.24. The number of halogens is 1. The van der Waals surface area contributed by atoms with Gasteiger partial charge >= 0.3 is 0 Å². The maximum Gasteiger partial charge on any atom is 0.223 e. The van der Waals surface area contributed by atoms with Gasteiger partial charge in [-0.1, -0.05) is 13.8 Å². The van der Waals surface area contributed by atoms with Gasteiger partial charge in [0, 0.05) is 31.8 Å². The molecule has 0 rings (SSSR count). The van der Waals surface area contributed by atoms with Crippen molar-refractivity contribution < 1.29 is 4.79 Å². The number of carbonyl (C=O) groups is 1. The van der Waals surface area contributed by atoms with Crippen LogP contribution in [0, 0.1) is 5.92 Å². The van der Waals surface area contributed by atoms with E-state index in [0.717, 1.165) is 18.7 Å². The standard InChI is InChI=1S/C11H24N2OS.ClH/c1-9(2)10(12)5-7-13(3)11(14)6-8-15-4;/h9-10H,5-8,12H2,1-4H3;1H. The number of rotatable bonds is 7. The molecule has 0 aromatic heterocycles. The molecule has 0 fully saturated rings. The van der Waals surface area contributed by atoms with Crippen molar-refractivity contribution in [3.05, 3.63) is 0 Å². The Hall–Kier alpha value is 0.0700. The summed E-state index contributed by atoms with van der Waals surface area (Å²) < 4.78 is 0. The van der Waals surface area contributed by atoms with Crippen molar-refractivity contribution in [3.8, 4) is 0 Å². The molecular formula is C11H25ClN2OS. The minimum Gasteiger partial charge on any atom is -0.346 e. The molecule has 0 aromatic carbocycles. The van der Waals surface area contributed by atoms with Crippen LogP contribution >= 0.6 is 24.2 Å². The summed E-state index contributed by atoms with van der Waals surface area (Å²) in [6, 6.07) is 0.195. The molecule has 2 N–H and O–H groups in total. The van der Waals surface area contributed by atoms with Crippen LogP contribution in [-0.2, 0) is 4.79 Å². The second-order valence-electron chi connectivity index (χ2n) is 4.25. The summed E-state index contributed by atoms with van der Waals surface area (Å²) in [5, 5.41) is 0. The molecule has 0 aromatic rings. The van der Waals surface area contributed by atoms with Gasteiger partial charge in [-0.05, 0) is 18.6 Å². The summed E-state index contributed by atoms with van der Waals surface area (Å²) in [5.74, 6) is 1.61. The molecule has 1 amide bonds. The molecule has 0 aliphatic rings. The fraction of sp³-hybridized carbons (Fsp3) is 0.909. The van der Waals surface area contributed by atoms with Gasteiger partial charge in [-0.3, -0.25) is 4.79 Å². The fourth-order valence-electron chi connectivity index (χ4n) is 1.18. The lowest BCUT2D eigenvalue weighted by Crippen LogP contribution is -2.34. The van der Waals surface area contributed by atoms with E-state index in [2.05, 4.69) is 13.8 Å². The molecule has 0 saturated carbocycles. The van der Waals surface area contributed by atoms with E-state index < -0.39 is 0 Å². The molecule has 3 nitrogen and oxygen atoms in total. The van der Waals surface area contributed by atoms with Crippen molar-refractivity contribution in [2.75, 3.05) is 25.6 Å². The third kappa shape index (κ3) is 8.25. The number of thioether (sulfide) groups is 1. The zero-order chi connectivity index (χ0) is 11.8. The van der Waals surface area contributed by atoms with Crippen LogP contribution in [0.5, 0.6) is 0 Å². The van der Waals surface area contributed by atoms with Crippen LogP contribution < -0.4 is 5.73 Å². The summed E-state index contributed by atoms with van der Waals surface area (Å²) in [7, 11) is 1.86. The highest BCUT2D eigenvalue weighted by molar-refractivity contribution is 7.98. The summed E-state index contributed by atoms with van der Waals surface area (Å²) in [4.78, 5) is 13.3. The summed E-state index contributed by atoms with van der Waals surface area (Å²) in [6.45, 7) is 4.99. The topological polar surface area (TPSA) is 46.3 Å². The van der Waals surface area contributed by atoms with Crippen LogP contribution in [0.2, 0.25) is 0 Å². The predicted octanol–water partition coefficient (Wildman–Crippen LogP) is 1.99. The van der Waals surface area contributed by atoms with E-state index in [1.54, 1.807) is 16.7 Å². The Balaban J connectivity index is 0. The van der Waals surface area contributed by atoms with E-state index >= 15 is 0 Å². The van der Waals surface area contributed by atoms with Crippen molar-refractivity contribution in [1.29, 1.82) is 0 Å². The van der Waals surface area contributed by atoms with Crippen molar-refractivity contribution in [2.24, 2.45) is 11.7 Å². The minimum absolute atomic E-state index is 0. The third-order valence-corrected chi connectivity index (χ3v) is 3.21. The number of hydrogen-bond acceptors (Lipinski definition) is 3. The molecule has 0 saturated heterocycles. The van der Waals surface area contributed by atoms with Crippen LogP contribution in [0.15, 0.2) is 0 Å². The molecule has 1 unspecified atom stereocenters. The van der Waals surface area contributed by atoms with Crippen molar-refractivity contribution in [3.63, 3.8) is 0 Å². The molecule has 0 aliphatic heterocycles. The van der Waals surface area contributed by atoms with Gasteiger partial charge in [-0.2, -0.15) is 11.8 Å². The minimum atomic E-state index is 0. The lowest BCUT2D eigenvalue weighted by atomic mass is 10.0. The highest BCUT2D eigenvalue weighted by Gasteiger charge is 2.12. The van der Waals surface area contributed by atoms with E-state index in [9.17, 15) is 4.79 Å². The Morgan fingerprint density at radius 1 is 1.44 bits per heavy atom. The summed E-state index contributed by atoms with van der Waals surface area (Å²) in [5.41, 5.74) is 5.92. The molecule has 0 bridgehead atoms. The van der Waals surface area contributed by atoms with Gasteiger partial charge in [0.25, 0.3) is 0 Å². The van der Waals surface area contributed by atoms with E-state index in [1.165, 1.54) is 0 Å². The van der Waals surface area contributed by atoms with Crippen LogP contribution in [0.25, 0.3) is 0 Å². The molecule has 1 atom stereocenters. The molecule has 0 spiro atoms. The van der Waals surface area contributed by atoms with Crippen LogP contribution in [0.1, 0.15) is 26.7 Å². The Morgan fingerprint density at radius 2 is 2.00 bits per heavy atom. The monoisotopic (exact) mass is 268 g/mol. The van der Waals surface area contributed by atoms with Gasteiger partial charge in [0.05, 0.1) is 0 Å². The Labute approximate surface area is 110 Å². The average molecular weight is 269 g/mol. The Kier molecular flexibility index (Phi) is 11.8. The van der Waals surface area contributed by atoms with Gasteiger partial charge in [-0.25, -0.2) is 0 Å². The van der Waals surface area contributed by atoms with Crippen LogP contribution in [0.4, 0.5) is 0 Å². The van der Waals surface area contributed by atoms with Crippen LogP contribution in [-0.4, -0.2) is 42.4 Å². The van der Waals surface area contributed by atoms with E-state index in [4.69, 9.17) is 5.73 Å². The number of hydrogen-bond donors (Lipinski definition) is 1. The van der Waals surface area contributed by atoms with Gasteiger partial charge < -0.3 is 10.6 Å². The lowest BCUT2D eigenvalue weighted by molar-refractivity contribution is -0.129. The van der Waals surface area contributed by atoms with Crippen molar-refractivity contribution >= 4 is 30.1 Å². The number of carbonyl (C=O) groups excluding carboxylic acids is 1. The lowest BCUT2D eigenvalue weighted by Gasteiger charge is -2.21. The smallest absolute Gasteiger partial charge is 0.223 e. The van der Waals surface area contributed by atoms with E-state index in [1.807, 2.05) is 13.3 Å². The average Bonchev–Trinajstić information content (AvgIpc) is 2.21. The highest BCUT2D eigenvalue weighted by atomic mass is 35.5. The maximum atomic E-state index is 11.6. The normalized spacial score (nSPS) is 12.1. The SMILES string of the molecule is CSCCC(=O)N(C)CCC(N)C(C)C.Cl. The second kappa shape index (κ2) is 10.2. The van der Waals surface area contributed by atoms with E-state index in [-0.39, 0.29) is 24.4 Å². The summed E-state index contributed by atoms with van der Waals surface area (Å²) in [6.07, 6.45) is 3.54. The van der Waals surface area contributed by atoms with Crippen molar-refractivity contribution in [2.45, 2.75) is 32.7 Å². The number of amides is 1. The van der Waals surface area contributed by atoms with Gasteiger partial charge in [0.15, 0.2) is 0 Å². The summed E-state index contributed by atoms with van der Waals surface area (Å²) >= 11 is 1.70. The molecule has 0 radical (unpaired) electrons. The first-order valence-electron chi connectivity index (χ1n) is 5.47. The molecular weight excluding hydrogens is 244 g/mol. The first-order chi connectivity index (χ1) is 6.99. The largest absolute Gasteiger partial charge is 0.346 e. The molecule has 0 heterocycles. The van der Waals surface area contributed by atoms with Crippen molar-refractivity contribution in [1.82, 2.24) is 4.90 Å². The van der Waals surface area contributed by atoms with Crippen LogP contribution in [0.3, 0.4) is 0 Å². The van der Waals surface area contributed by atoms with Gasteiger partial charge in [0.2, 0.25) is 5.91 Å². The van der Waals surface area contributed by atoms with E-state index in [0.29, 0.717) is 12.3 Å².